The van der Waals surface area contributed by atoms with Crippen molar-refractivity contribution in [2.45, 2.75) is 6.54 Å². The predicted molar refractivity (Wildman–Crippen MR) is 56.3 cm³/mol. The van der Waals surface area contributed by atoms with Gasteiger partial charge in [-0.2, -0.15) is 5.10 Å². The molecule has 0 radical (unpaired) electrons. The topological polar surface area (TPSA) is 60.9 Å². The van der Waals surface area contributed by atoms with Crippen LogP contribution in [0.3, 0.4) is 0 Å². The summed E-state index contributed by atoms with van der Waals surface area (Å²) in [6.07, 6.45) is 1.57. The van der Waals surface area contributed by atoms with Crippen molar-refractivity contribution in [2.75, 3.05) is 0 Å². The fourth-order valence-electron chi connectivity index (χ4n) is 1.42. The molecule has 0 spiro atoms. The highest BCUT2D eigenvalue weighted by atomic mass is 16.1. The Hall–Kier alpha value is -2.10. The zero-order valence-corrected chi connectivity index (χ0v) is 8.13. The summed E-state index contributed by atoms with van der Waals surface area (Å²) in [4.78, 5) is 11.0. The predicted octanol–water partition coefficient (Wildman–Crippen LogP) is 1.03. The summed E-state index contributed by atoms with van der Waals surface area (Å²) >= 11 is 0. The SMILES string of the molecule is NC(=O)c1ccnn1Cc1ccccc1. The fourth-order valence-corrected chi connectivity index (χ4v) is 1.42. The number of carbonyl (C=O) groups excluding carboxylic acids is 1. The Morgan fingerprint density at radius 2 is 2.00 bits per heavy atom. The molecule has 0 bridgehead atoms. The maximum Gasteiger partial charge on any atom is 0.266 e. The third kappa shape index (κ3) is 2.04. The molecule has 0 saturated heterocycles. The molecule has 2 aromatic rings. The van der Waals surface area contributed by atoms with Crippen LogP contribution in [0.1, 0.15) is 16.1 Å². The Morgan fingerprint density at radius 3 is 2.67 bits per heavy atom. The maximum atomic E-state index is 11.0. The van der Waals surface area contributed by atoms with Gasteiger partial charge in [0.1, 0.15) is 5.69 Å². The van der Waals surface area contributed by atoms with E-state index in [4.69, 9.17) is 5.73 Å². The summed E-state index contributed by atoms with van der Waals surface area (Å²) in [7, 11) is 0. The van der Waals surface area contributed by atoms with E-state index in [1.54, 1.807) is 16.9 Å². The first-order valence-electron chi connectivity index (χ1n) is 4.63. The molecule has 2 rings (SSSR count). The Balaban J connectivity index is 2.25. The number of nitrogens with two attached hydrogens (primary N) is 1. The van der Waals surface area contributed by atoms with Gasteiger partial charge in [0.25, 0.3) is 5.91 Å². The van der Waals surface area contributed by atoms with E-state index in [0.29, 0.717) is 12.2 Å². The third-order valence-electron chi connectivity index (χ3n) is 2.14. The smallest absolute Gasteiger partial charge is 0.266 e. The Bertz CT molecular complexity index is 462. The van der Waals surface area contributed by atoms with Crippen LogP contribution in [0.4, 0.5) is 0 Å². The fraction of sp³-hybridized carbons (Fsp3) is 0.0909. The largest absolute Gasteiger partial charge is 0.364 e. The number of primary amides is 1. The van der Waals surface area contributed by atoms with Crippen molar-refractivity contribution in [3.05, 3.63) is 53.9 Å². The highest BCUT2D eigenvalue weighted by Gasteiger charge is 2.07. The summed E-state index contributed by atoms with van der Waals surface area (Å²) in [6.45, 7) is 0.562. The first kappa shape index (κ1) is 9.45. The molecule has 0 aliphatic rings. The number of amides is 1. The van der Waals surface area contributed by atoms with E-state index in [2.05, 4.69) is 5.10 Å². The van der Waals surface area contributed by atoms with Gasteiger partial charge >= 0.3 is 0 Å². The summed E-state index contributed by atoms with van der Waals surface area (Å²) in [5, 5.41) is 4.05. The molecule has 1 aromatic heterocycles. The van der Waals surface area contributed by atoms with Crippen LogP contribution in [0.2, 0.25) is 0 Å². The lowest BCUT2D eigenvalue weighted by molar-refractivity contribution is 0.0990. The van der Waals surface area contributed by atoms with Crippen LogP contribution in [0.25, 0.3) is 0 Å². The Morgan fingerprint density at radius 1 is 1.27 bits per heavy atom. The van der Waals surface area contributed by atoms with E-state index in [1.165, 1.54) is 0 Å². The summed E-state index contributed by atoms with van der Waals surface area (Å²) in [6, 6.07) is 11.4. The zero-order valence-electron chi connectivity index (χ0n) is 8.13. The van der Waals surface area contributed by atoms with Gasteiger partial charge in [-0.1, -0.05) is 30.3 Å². The van der Waals surface area contributed by atoms with Gasteiger partial charge in [-0.3, -0.25) is 9.48 Å². The maximum absolute atomic E-state index is 11.0. The lowest BCUT2D eigenvalue weighted by Gasteiger charge is -2.04. The molecule has 1 amide bonds. The quantitative estimate of drug-likeness (QED) is 0.806. The highest BCUT2D eigenvalue weighted by molar-refractivity contribution is 5.90. The average Bonchev–Trinajstić information content (AvgIpc) is 2.67. The molecule has 2 N–H and O–H groups in total. The molecule has 0 atom stereocenters. The molecule has 0 fully saturated rings. The van der Waals surface area contributed by atoms with E-state index >= 15 is 0 Å². The van der Waals surface area contributed by atoms with Crippen LogP contribution < -0.4 is 5.73 Å². The molecule has 76 valence electrons. The summed E-state index contributed by atoms with van der Waals surface area (Å²) < 4.78 is 1.59. The molecule has 1 heterocycles. The van der Waals surface area contributed by atoms with Gasteiger partial charge < -0.3 is 5.73 Å². The van der Waals surface area contributed by atoms with Gasteiger partial charge in [0.05, 0.1) is 6.54 Å². The molecule has 1 aromatic carbocycles. The molecule has 4 nitrogen and oxygen atoms in total. The molecule has 0 aliphatic carbocycles. The van der Waals surface area contributed by atoms with Gasteiger partial charge in [0.2, 0.25) is 0 Å². The summed E-state index contributed by atoms with van der Waals surface area (Å²) in [5.74, 6) is -0.455. The molecular formula is C11H11N3O. The second-order valence-corrected chi connectivity index (χ2v) is 3.22. The van der Waals surface area contributed by atoms with Crippen LogP contribution in [0, 0.1) is 0 Å². The van der Waals surface area contributed by atoms with Crippen molar-refractivity contribution in [3.8, 4) is 0 Å². The molecular weight excluding hydrogens is 190 g/mol. The van der Waals surface area contributed by atoms with Gasteiger partial charge in [-0.05, 0) is 11.6 Å². The lowest BCUT2D eigenvalue weighted by Crippen LogP contribution is -2.18. The Labute approximate surface area is 87.3 Å². The van der Waals surface area contributed by atoms with E-state index in [0.717, 1.165) is 5.56 Å². The van der Waals surface area contributed by atoms with Crippen molar-refractivity contribution in [1.82, 2.24) is 9.78 Å². The van der Waals surface area contributed by atoms with Crippen LogP contribution in [0.5, 0.6) is 0 Å². The zero-order chi connectivity index (χ0) is 10.7. The number of hydrogen-bond acceptors (Lipinski definition) is 2. The first-order valence-corrected chi connectivity index (χ1v) is 4.63. The second-order valence-electron chi connectivity index (χ2n) is 3.22. The number of carbonyl (C=O) groups is 1. The standard InChI is InChI=1S/C11H11N3O/c12-11(15)10-6-7-13-14(10)8-9-4-2-1-3-5-9/h1-7H,8H2,(H2,12,15). The second kappa shape index (κ2) is 3.96. The van der Waals surface area contributed by atoms with Gasteiger partial charge in [0, 0.05) is 6.20 Å². The third-order valence-corrected chi connectivity index (χ3v) is 2.14. The van der Waals surface area contributed by atoms with Crippen LogP contribution in [-0.2, 0) is 6.54 Å². The lowest BCUT2D eigenvalue weighted by atomic mass is 10.2. The van der Waals surface area contributed by atoms with Gasteiger partial charge in [-0.15, -0.1) is 0 Å². The minimum atomic E-state index is -0.455. The van der Waals surface area contributed by atoms with Crippen LogP contribution in [-0.4, -0.2) is 15.7 Å². The molecule has 0 unspecified atom stereocenters. The normalized spacial score (nSPS) is 10.1. The summed E-state index contributed by atoms with van der Waals surface area (Å²) in [5.41, 5.74) is 6.73. The van der Waals surface area contributed by atoms with E-state index < -0.39 is 5.91 Å². The number of aromatic nitrogens is 2. The van der Waals surface area contributed by atoms with Crippen LogP contribution >= 0.6 is 0 Å². The minimum Gasteiger partial charge on any atom is -0.364 e. The minimum absolute atomic E-state index is 0.429. The number of rotatable bonds is 3. The van der Waals surface area contributed by atoms with E-state index in [1.807, 2.05) is 30.3 Å². The van der Waals surface area contributed by atoms with Crippen LogP contribution in [0.15, 0.2) is 42.6 Å². The molecule has 4 heteroatoms. The van der Waals surface area contributed by atoms with Crippen molar-refractivity contribution in [2.24, 2.45) is 5.73 Å². The first-order chi connectivity index (χ1) is 7.27. The van der Waals surface area contributed by atoms with Crippen molar-refractivity contribution in [1.29, 1.82) is 0 Å². The van der Waals surface area contributed by atoms with Gasteiger partial charge in [0.15, 0.2) is 0 Å². The Kier molecular flexibility index (Phi) is 2.49. The number of hydrogen-bond donors (Lipinski definition) is 1. The average molecular weight is 201 g/mol. The van der Waals surface area contributed by atoms with Crippen molar-refractivity contribution < 1.29 is 4.79 Å². The molecule has 15 heavy (non-hydrogen) atoms. The molecule has 0 saturated carbocycles. The monoisotopic (exact) mass is 201 g/mol. The highest BCUT2D eigenvalue weighted by Crippen LogP contribution is 2.04. The number of benzene rings is 1. The number of nitrogens with zero attached hydrogens (tertiary/aromatic N) is 2. The van der Waals surface area contributed by atoms with Crippen molar-refractivity contribution in [3.63, 3.8) is 0 Å². The van der Waals surface area contributed by atoms with Crippen molar-refractivity contribution >= 4 is 5.91 Å². The molecule has 0 aliphatic heterocycles. The van der Waals surface area contributed by atoms with E-state index in [-0.39, 0.29) is 0 Å². The van der Waals surface area contributed by atoms with Gasteiger partial charge in [-0.25, -0.2) is 0 Å². The van der Waals surface area contributed by atoms with E-state index in [9.17, 15) is 4.79 Å².